The second-order valence-corrected chi connectivity index (χ2v) is 6.98. The van der Waals surface area contributed by atoms with Gasteiger partial charge in [-0.25, -0.2) is 0 Å². The second kappa shape index (κ2) is 7.18. The van der Waals surface area contributed by atoms with Gasteiger partial charge in [-0.15, -0.1) is 0 Å². The number of hydrogen-bond donors (Lipinski definition) is 2. The number of amides is 1. The van der Waals surface area contributed by atoms with Crippen molar-refractivity contribution in [3.05, 3.63) is 60.2 Å². The molecule has 1 saturated heterocycles. The van der Waals surface area contributed by atoms with Gasteiger partial charge in [0, 0.05) is 6.04 Å². The molecule has 2 aromatic rings. The molecule has 1 atom stereocenters. The smallest absolute Gasteiger partial charge is 0.240 e. The standard InChI is InChI=1S/C21H26N2O/c1-16(2)23-20(24)21(12-7-13-22-21)15-17-8-6-11-19(14-17)18-9-4-3-5-10-18/h3-6,8-11,14,16,22H,7,12-13,15H2,1-2H3,(H,23,24). The van der Waals surface area contributed by atoms with Crippen LogP contribution in [0, 0.1) is 0 Å². The van der Waals surface area contributed by atoms with E-state index in [2.05, 4.69) is 59.2 Å². The van der Waals surface area contributed by atoms with Gasteiger partial charge in [0.15, 0.2) is 0 Å². The van der Waals surface area contributed by atoms with E-state index >= 15 is 0 Å². The number of carbonyl (C=O) groups excluding carboxylic acids is 1. The number of benzene rings is 2. The summed E-state index contributed by atoms with van der Waals surface area (Å²) in [5.41, 5.74) is 3.13. The van der Waals surface area contributed by atoms with Gasteiger partial charge in [-0.2, -0.15) is 0 Å². The SMILES string of the molecule is CC(C)NC(=O)C1(Cc2cccc(-c3ccccc3)c2)CCCN1. The molecule has 0 saturated carbocycles. The highest BCUT2D eigenvalue weighted by Gasteiger charge is 2.41. The molecule has 1 unspecified atom stereocenters. The van der Waals surface area contributed by atoms with Crippen LogP contribution in [0.15, 0.2) is 54.6 Å². The van der Waals surface area contributed by atoms with Gasteiger partial charge < -0.3 is 10.6 Å². The van der Waals surface area contributed by atoms with E-state index in [1.54, 1.807) is 0 Å². The highest BCUT2D eigenvalue weighted by atomic mass is 16.2. The lowest BCUT2D eigenvalue weighted by Gasteiger charge is -2.29. The van der Waals surface area contributed by atoms with Crippen LogP contribution in [0.4, 0.5) is 0 Å². The normalized spacial score (nSPS) is 20.3. The molecule has 3 heteroatoms. The largest absolute Gasteiger partial charge is 0.352 e. The third-order valence-electron chi connectivity index (χ3n) is 4.64. The summed E-state index contributed by atoms with van der Waals surface area (Å²) in [6.07, 6.45) is 2.66. The zero-order valence-corrected chi connectivity index (χ0v) is 14.5. The number of carbonyl (C=O) groups is 1. The minimum atomic E-state index is -0.473. The van der Waals surface area contributed by atoms with Crippen LogP contribution in [-0.2, 0) is 11.2 Å². The van der Waals surface area contributed by atoms with Crippen LogP contribution in [0.3, 0.4) is 0 Å². The molecule has 3 rings (SSSR count). The molecule has 0 spiro atoms. The Labute approximate surface area is 144 Å². The Balaban J connectivity index is 1.84. The summed E-state index contributed by atoms with van der Waals surface area (Å²) in [7, 11) is 0. The fourth-order valence-electron chi connectivity index (χ4n) is 3.47. The van der Waals surface area contributed by atoms with Crippen LogP contribution >= 0.6 is 0 Å². The van der Waals surface area contributed by atoms with Crippen molar-refractivity contribution < 1.29 is 4.79 Å². The summed E-state index contributed by atoms with van der Waals surface area (Å²) < 4.78 is 0. The van der Waals surface area contributed by atoms with Crippen molar-refractivity contribution in [3.63, 3.8) is 0 Å². The highest BCUT2D eigenvalue weighted by molar-refractivity contribution is 5.87. The van der Waals surface area contributed by atoms with Gasteiger partial charge in [-0.05, 0) is 56.3 Å². The van der Waals surface area contributed by atoms with Crippen LogP contribution in [0.1, 0.15) is 32.3 Å². The molecular weight excluding hydrogens is 296 g/mol. The minimum Gasteiger partial charge on any atom is -0.352 e. The van der Waals surface area contributed by atoms with E-state index in [1.165, 1.54) is 16.7 Å². The zero-order chi connectivity index (χ0) is 17.0. The van der Waals surface area contributed by atoms with Crippen LogP contribution in [0.25, 0.3) is 11.1 Å². The maximum Gasteiger partial charge on any atom is 0.240 e. The quantitative estimate of drug-likeness (QED) is 0.884. The van der Waals surface area contributed by atoms with Gasteiger partial charge in [0.05, 0.1) is 0 Å². The third-order valence-corrected chi connectivity index (χ3v) is 4.64. The molecule has 3 nitrogen and oxygen atoms in total. The Hall–Kier alpha value is -2.13. The van der Waals surface area contributed by atoms with E-state index in [-0.39, 0.29) is 11.9 Å². The fourth-order valence-corrected chi connectivity index (χ4v) is 3.47. The van der Waals surface area contributed by atoms with Gasteiger partial charge in [0.2, 0.25) is 5.91 Å². The lowest BCUT2D eigenvalue weighted by Crippen LogP contribution is -2.56. The van der Waals surface area contributed by atoms with E-state index < -0.39 is 5.54 Å². The summed E-state index contributed by atoms with van der Waals surface area (Å²) >= 11 is 0. The summed E-state index contributed by atoms with van der Waals surface area (Å²) in [5.74, 6) is 0.125. The molecule has 1 fully saturated rings. The van der Waals surface area contributed by atoms with Crippen LogP contribution in [-0.4, -0.2) is 24.0 Å². The molecule has 1 heterocycles. The Morgan fingerprint density at radius 2 is 1.88 bits per heavy atom. The van der Waals surface area contributed by atoms with Gasteiger partial charge >= 0.3 is 0 Å². The van der Waals surface area contributed by atoms with Crippen molar-refractivity contribution in [1.82, 2.24) is 10.6 Å². The first-order valence-corrected chi connectivity index (χ1v) is 8.79. The monoisotopic (exact) mass is 322 g/mol. The number of hydrogen-bond acceptors (Lipinski definition) is 2. The zero-order valence-electron chi connectivity index (χ0n) is 14.5. The molecule has 2 N–H and O–H groups in total. The lowest BCUT2D eigenvalue weighted by atomic mass is 9.87. The molecule has 1 aliphatic rings. The maximum absolute atomic E-state index is 12.8. The second-order valence-electron chi connectivity index (χ2n) is 6.98. The van der Waals surface area contributed by atoms with E-state index in [0.29, 0.717) is 0 Å². The summed E-state index contributed by atoms with van der Waals surface area (Å²) in [4.78, 5) is 12.8. The molecule has 0 aliphatic carbocycles. The van der Waals surface area contributed by atoms with Crippen molar-refractivity contribution in [1.29, 1.82) is 0 Å². The minimum absolute atomic E-state index is 0.125. The molecule has 0 radical (unpaired) electrons. The van der Waals surface area contributed by atoms with Crippen LogP contribution in [0.2, 0.25) is 0 Å². The van der Waals surface area contributed by atoms with Crippen LogP contribution < -0.4 is 10.6 Å². The predicted molar refractivity (Wildman–Crippen MR) is 98.8 cm³/mol. The van der Waals surface area contributed by atoms with Gasteiger partial charge in [0.25, 0.3) is 0 Å². The van der Waals surface area contributed by atoms with E-state index in [4.69, 9.17) is 0 Å². The van der Waals surface area contributed by atoms with Gasteiger partial charge in [-0.1, -0.05) is 54.6 Å². The molecule has 126 valence electrons. The maximum atomic E-state index is 12.8. The molecular formula is C21H26N2O. The first kappa shape index (κ1) is 16.7. The predicted octanol–water partition coefficient (Wildman–Crippen LogP) is 3.54. The molecule has 0 aromatic heterocycles. The highest BCUT2D eigenvalue weighted by Crippen LogP contribution is 2.27. The van der Waals surface area contributed by atoms with Gasteiger partial charge in [-0.3, -0.25) is 4.79 Å². The van der Waals surface area contributed by atoms with E-state index in [1.807, 2.05) is 19.9 Å². The third kappa shape index (κ3) is 3.68. The van der Waals surface area contributed by atoms with Crippen molar-refractivity contribution in [3.8, 4) is 11.1 Å². The summed E-state index contributed by atoms with van der Waals surface area (Å²) in [6, 6.07) is 19.1. The first-order chi connectivity index (χ1) is 11.6. The summed E-state index contributed by atoms with van der Waals surface area (Å²) in [6.45, 7) is 4.93. The average Bonchev–Trinajstić information content (AvgIpc) is 3.05. The molecule has 0 bridgehead atoms. The molecule has 2 aromatic carbocycles. The van der Waals surface area contributed by atoms with Crippen molar-refractivity contribution in [2.45, 2.75) is 44.7 Å². The number of rotatable bonds is 5. The summed E-state index contributed by atoms with van der Waals surface area (Å²) in [5, 5.41) is 6.56. The molecule has 1 aliphatic heterocycles. The topological polar surface area (TPSA) is 41.1 Å². The van der Waals surface area contributed by atoms with Gasteiger partial charge in [0.1, 0.15) is 5.54 Å². The van der Waals surface area contributed by atoms with E-state index in [0.717, 1.165) is 25.8 Å². The Bertz CT molecular complexity index is 688. The van der Waals surface area contributed by atoms with Crippen molar-refractivity contribution in [2.24, 2.45) is 0 Å². The van der Waals surface area contributed by atoms with Crippen molar-refractivity contribution in [2.75, 3.05) is 6.54 Å². The molecule has 1 amide bonds. The Morgan fingerprint density at radius 1 is 1.12 bits per heavy atom. The molecule has 24 heavy (non-hydrogen) atoms. The van der Waals surface area contributed by atoms with Crippen molar-refractivity contribution >= 4 is 5.91 Å². The Morgan fingerprint density at radius 3 is 2.54 bits per heavy atom. The van der Waals surface area contributed by atoms with E-state index in [9.17, 15) is 4.79 Å². The lowest BCUT2D eigenvalue weighted by molar-refractivity contribution is -0.127. The first-order valence-electron chi connectivity index (χ1n) is 8.79. The van der Waals surface area contributed by atoms with Crippen LogP contribution in [0.5, 0.6) is 0 Å². The average molecular weight is 322 g/mol. The number of nitrogens with one attached hydrogen (secondary N) is 2. The fraction of sp³-hybridized carbons (Fsp3) is 0.381. The Kier molecular flexibility index (Phi) is 5.00.